The first kappa shape index (κ1) is 14.8. The summed E-state index contributed by atoms with van der Waals surface area (Å²) in [5.41, 5.74) is 0. The predicted molar refractivity (Wildman–Crippen MR) is 64.3 cm³/mol. The number of unbranched alkanes of at least 4 members (excludes halogenated alkanes) is 4. The van der Waals surface area contributed by atoms with Gasteiger partial charge in [-0.15, -0.1) is 11.6 Å². The van der Waals surface area contributed by atoms with E-state index in [-0.39, 0.29) is 5.97 Å². The summed E-state index contributed by atoms with van der Waals surface area (Å²) in [4.78, 5) is 10.5. The van der Waals surface area contributed by atoms with E-state index in [4.69, 9.17) is 16.3 Å². The number of carbonyl (C=O) groups is 1. The van der Waals surface area contributed by atoms with Crippen LogP contribution in [0.25, 0.3) is 0 Å². The molecule has 3 heteroatoms. The lowest BCUT2D eigenvalue weighted by atomic mass is 10.1. The van der Waals surface area contributed by atoms with Crippen molar-refractivity contribution < 1.29 is 9.53 Å². The molecule has 0 heterocycles. The van der Waals surface area contributed by atoms with Gasteiger partial charge < -0.3 is 4.74 Å². The molecule has 0 rings (SSSR count). The molecule has 0 bridgehead atoms. The molecular formula is C12H23ClO2. The van der Waals surface area contributed by atoms with E-state index in [1.807, 2.05) is 0 Å². The lowest BCUT2D eigenvalue weighted by Crippen LogP contribution is -2.00. The Labute approximate surface area is 98.3 Å². The molecule has 90 valence electrons. The minimum Gasteiger partial charge on any atom is -0.466 e. The second-order valence-corrected chi connectivity index (χ2v) is 4.52. The van der Waals surface area contributed by atoms with Gasteiger partial charge in [-0.1, -0.05) is 32.6 Å². The lowest BCUT2D eigenvalue weighted by molar-refractivity contribution is -0.141. The summed E-state index contributed by atoms with van der Waals surface area (Å²) in [6.45, 7) is 4.14. The molecule has 0 aromatic carbocycles. The molecule has 0 N–H and O–H groups in total. The first-order chi connectivity index (χ1) is 7.16. The Kier molecular flexibility index (Phi) is 10.1. The van der Waals surface area contributed by atoms with Crippen LogP contribution in [0.15, 0.2) is 0 Å². The minimum atomic E-state index is -0.178. The molecule has 0 fully saturated rings. The number of alkyl halides is 1. The summed E-state index contributed by atoms with van der Waals surface area (Å²) in [5, 5.41) is 0.353. The van der Waals surface area contributed by atoms with Crippen LogP contribution >= 0.6 is 11.6 Å². The van der Waals surface area contributed by atoms with Crippen molar-refractivity contribution in [2.45, 2.75) is 64.2 Å². The van der Waals surface area contributed by atoms with Gasteiger partial charge in [-0.2, -0.15) is 0 Å². The number of halogens is 1. The highest BCUT2D eigenvalue weighted by molar-refractivity contribution is 6.20. The van der Waals surface area contributed by atoms with Crippen LogP contribution in [-0.4, -0.2) is 18.0 Å². The Bertz CT molecular complexity index is 160. The fourth-order valence-corrected chi connectivity index (χ4v) is 1.57. The van der Waals surface area contributed by atoms with E-state index in [1.54, 1.807) is 0 Å². The quantitative estimate of drug-likeness (QED) is 0.344. The molecule has 0 spiro atoms. The molecule has 0 aliphatic carbocycles. The average Bonchev–Trinajstić information content (AvgIpc) is 2.21. The van der Waals surface area contributed by atoms with Crippen molar-refractivity contribution in [2.24, 2.45) is 0 Å². The fraction of sp³-hybridized carbons (Fsp3) is 0.917. The molecule has 1 atom stereocenters. The number of esters is 1. The minimum absolute atomic E-state index is 0.178. The van der Waals surface area contributed by atoms with Crippen molar-refractivity contribution in [1.82, 2.24) is 0 Å². The first-order valence-electron chi connectivity index (χ1n) is 5.94. The first-order valence-corrected chi connectivity index (χ1v) is 6.38. The van der Waals surface area contributed by atoms with Crippen molar-refractivity contribution >= 4 is 17.6 Å². The van der Waals surface area contributed by atoms with Crippen molar-refractivity contribution in [2.75, 3.05) is 6.61 Å². The zero-order valence-corrected chi connectivity index (χ0v) is 10.7. The second kappa shape index (κ2) is 10.3. The maximum Gasteiger partial charge on any atom is 0.302 e. The molecule has 0 aromatic rings. The van der Waals surface area contributed by atoms with Crippen LogP contribution < -0.4 is 0 Å². The van der Waals surface area contributed by atoms with Crippen molar-refractivity contribution in [3.63, 3.8) is 0 Å². The molecule has 15 heavy (non-hydrogen) atoms. The topological polar surface area (TPSA) is 26.3 Å². The largest absolute Gasteiger partial charge is 0.466 e. The van der Waals surface area contributed by atoms with Gasteiger partial charge in [0, 0.05) is 12.3 Å². The van der Waals surface area contributed by atoms with Crippen LogP contribution in [0.1, 0.15) is 58.8 Å². The maximum absolute atomic E-state index is 10.5. The van der Waals surface area contributed by atoms with Gasteiger partial charge in [-0.05, 0) is 19.3 Å². The van der Waals surface area contributed by atoms with E-state index >= 15 is 0 Å². The summed E-state index contributed by atoms with van der Waals surface area (Å²) in [5.74, 6) is -0.178. The monoisotopic (exact) mass is 234 g/mol. The van der Waals surface area contributed by atoms with E-state index in [0.29, 0.717) is 12.0 Å². The van der Waals surface area contributed by atoms with Gasteiger partial charge in [0.05, 0.1) is 6.61 Å². The van der Waals surface area contributed by atoms with Gasteiger partial charge in [0.25, 0.3) is 0 Å². The SMILES string of the molecule is CCC(Cl)CCCCCCCOC(C)=O. The van der Waals surface area contributed by atoms with Crippen LogP contribution in [-0.2, 0) is 9.53 Å². The van der Waals surface area contributed by atoms with Gasteiger partial charge >= 0.3 is 5.97 Å². The van der Waals surface area contributed by atoms with Crippen LogP contribution in [0.2, 0.25) is 0 Å². The molecule has 0 aliphatic rings. The van der Waals surface area contributed by atoms with E-state index in [9.17, 15) is 4.79 Å². The maximum atomic E-state index is 10.5. The van der Waals surface area contributed by atoms with Crippen molar-refractivity contribution in [3.8, 4) is 0 Å². The summed E-state index contributed by atoms with van der Waals surface area (Å²) in [6, 6.07) is 0. The molecule has 2 nitrogen and oxygen atoms in total. The van der Waals surface area contributed by atoms with Gasteiger partial charge in [0.15, 0.2) is 0 Å². The van der Waals surface area contributed by atoms with Gasteiger partial charge in [0.2, 0.25) is 0 Å². The molecule has 0 amide bonds. The standard InChI is InChI=1S/C12H23ClO2/c1-3-12(13)9-7-5-4-6-8-10-15-11(2)14/h12H,3-10H2,1-2H3. The molecule has 0 aliphatic heterocycles. The van der Waals surface area contributed by atoms with Crippen LogP contribution in [0.4, 0.5) is 0 Å². The summed E-state index contributed by atoms with van der Waals surface area (Å²) in [7, 11) is 0. The van der Waals surface area contributed by atoms with Crippen molar-refractivity contribution in [1.29, 1.82) is 0 Å². The number of rotatable bonds is 9. The smallest absolute Gasteiger partial charge is 0.302 e. The van der Waals surface area contributed by atoms with Crippen LogP contribution in [0.3, 0.4) is 0 Å². The van der Waals surface area contributed by atoms with Crippen molar-refractivity contribution in [3.05, 3.63) is 0 Å². The van der Waals surface area contributed by atoms with Gasteiger partial charge in [0.1, 0.15) is 0 Å². The normalized spacial score (nSPS) is 12.5. The zero-order chi connectivity index (χ0) is 11.5. The number of hydrogen-bond donors (Lipinski definition) is 0. The third-order valence-electron chi connectivity index (χ3n) is 2.41. The molecular weight excluding hydrogens is 212 g/mol. The summed E-state index contributed by atoms with van der Waals surface area (Å²) >= 11 is 6.01. The summed E-state index contributed by atoms with van der Waals surface area (Å²) in [6.07, 6.45) is 7.99. The van der Waals surface area contributed by atoms with Crippen LogP contribution in [0.5, 0.6) is 0 Å². The molecule has 0 radical (unpaired) electrons. The molecule has 0 saturated carbocycles. The molecule has 1 unspecified atom stereocenters. The fourth-order valence-electron chi connectivity index (χ4n) is 1.42. The number of ether oxygens (including phenoxy) is 1. The van der Waals surface area contributed by atoms with E-state index in [2.05, 4.69) is 6.92 Å². The van der Waals surface area contributed by atoms with E-state index in [0.717, 1.165) is 25.7 Å². The molecule has 0 saturated heterocycles. The van der Waals surface area contributed by atoms with Gasteiger partial charge in [-0.3, -0.25) is 4.79 Å². The third kappa shape index (κ3) is 11.7. The Morgan fingerprint density at radius 1 is 1.20 bits per heavy atom. The Morgan fingerprint density at radius 3 is 2.40 bits per heavy atom. The highest BCUT2D eigenvalue weighted by atomic mass is 35.5. The highest BCUT2D eigenvalue weighted by Gasteiger charge is 2.00. The summed E-state index contributed by atoms with van der Waals surface area (Å²) < 4.78 is 4.84. The Balaban J connectivity index is 3.02. The van der Waals surface area contributed by atoms with Crippen LogP contribution in [0, 0.1) is 0 Å². The van der Waals surface area contributed by atoms with Gasteiger partial charge in [-0.25, -0.2) is 0 Å². The highest BCUT2D eigenvalue weighted by Crippen LogP contribution is 2.13. The Hall–Kier alpha value is -0.240. The zero-order valence-electron chi connectivity index (χ0n) is 9.93. The number of carbonyl (C=O) groups excluding carboxylic acids is 1. The Morgan fingerprint density at radius 2 is 1.80 bits per heavy atom. The number of hydrogen-bond acceptors (Lipinski definition) is 2. The van der Waals surface area contributed by atoms with E-state index < -0.39 is 0 Å². The average molecular weight is 235 g/mol. The predicted octanol–water partition coefficient (Wildman–Crippen LogP) is 3.91. The molecule has 0 aromatic heterocycles. The third-order valence-corrected chi connectivity index (χ3v) is 2.94. The second-order valence-electron chi connectivity index (χ2n) is 3.90. The van der Waals surface area contributed by atoms with E-state index in [1.165, 1.54) is 26.2 Å². The lowest BCUT2D eigenvalue weighted by Gasteiger charge is -2.05.